The zero-order valence-electron chi connectivity index (χ0n) is 11.7. The Morgan fingerprint density at radius 1 is 1.43 bits per heavy atom. The van der Waals surface area contributed by atoms with Gasteiger partial charge in [-0.25, -0.2) is 0 Å². The zero-order chi connectivity index (χ0) is 15.7. The Labute approximate surface area is 131 Å². The molecule has 1 amide bonds. The molecular weight excluding hydrogens is 338 g/mol. The summed E-state index contributed by atoms with van der Waals surface area (Å²) in [6.45, 7) is 2.51. The number of esters is 1. The van der Waals surface area contributed by atoms with Crippen LogP contribution in [0, 0.1) is 11.3 Å². The van der Waals surface area contributed by atoms with E-state index in [0.717, 1.165) is 0 Å². The van der Waals surface area contributed by atoms with Gasteiger partial charge in [-0.2, -0.15) is 5.26 Å². The van der Waals surface area contributed by atoms with Crippen molar-refractivity contribution >= 4 is 27.8 Å². The summed E-state index contributed by atoms with van der Waals surface area (Å²) in [5.41, 5.74) is 0.408. The van der Waals surface area contributed by atoms with E-state index in [1.807, 2.05) is 6.07 Å². The van der Waals surface area contributed by atoms with E-state index in [1.54, 1.807) is 19.2 Å². The van der Waals surface area contributed by atoms with Gasteiger partial charge in [-0.05, 0) is 28.9 Å². The maximum Gasteiger partial charge on any atom is 0.307 e. The average molecular weight is 354 g/mol. The Morgan fingerprint density at radius 2 is 2.19 bits per heavy atom. The maximum atomic E-state index is 12.4. The second kappa shape index (κ2) is 9.08. The lowest BCUT2D eigenvalue weighted by Crippen LogP contribution is -2.34. The molecule has 1 aromatic rings. The molecule has 6 nitrogen and oxygen atoms in total. The van der Waals surface area contributed by atoms with Crippen molar-refractivity contribution in [1.29, 1.82) is 5.26 Å². The lowest BCUT2D eigenvalue weighted by molar-refractivity contribution is -0.143. The van der Waals surface area contributed by atoms with E-state index < -0.39 is 0 Å². The Balaban J connectivity index is 2.74. The number of ether oxygens (including phenoxy) is 1. The van der Waals surface area contributed by atoms with Crippen LogP contribution in [0.5, 0.6) is 0 Å². The monoisotopic (exact) mass is 353 g/mol. The molecule has 0 atom stereocenters. The number of amides is 1. The van der Waals surface area contributed by atoms with Gasteiger partial charge in [0.15, 0.2) is 0 Å². The number of carbonyl (C=O) groups excluding carboxylic acids is 2. The number of nitriles is 1. The van der Waals surface area contributed by atoms with Crippen molar-refractivity contribution < 1.29 is 14.3 Å². The van der Waals surface area contributed by atoms with Crippen molar-refractivity contribution in [2.45, 2.75) is 19.8 Å². The predicted molar refractivity (Wildman–Crippen MR) is 79.3 cm³/mol. The van der Waals surface area contributed by atoms with Crippen LogP contribution in [0.25, 0.3) is 0 Å². The normalized spacial score (nSPS) is 9.76. The highest BCUT2D eigenvalue weighted by molar-refractivity contribution is 9.10. The molecule has 1 rings (SSSR count). The molecule has 7 heteroatoms. The van der Waals surface area contributed by atoms with Gasteiger partial charge in [0.1, 0.15) is 0 Å². The first kappa shape index (κ1) is 17.1. The van der Waals surface area contributed by atoms with E-state index in [1.165, 1.54) is 11.1 Å². The van der Waals surface area contributed by atoms with Crippen molar-refractivity contribution in [3.63, 3.8) is 0 Å². The van der Waals surface area contributed by atoms with Gasteiger partial charge < -0.3 is 9.64 Å². The minimum atomic E-state index is -0.361. The molecule has 0 unspecified atom stereocenters. The molecule has 0 saturated carbocycles. The number of halogens is 1. The van der Waals surface area contributed by atoms with Crippen molar-refractivity contribution in [1.82, 2.24) is 9.88 Å². The first-order valence-corrected chi connectivity index (χ1v) is 7.30. The molecule has 0 saturated heterocycles. The molecule has 0 aliphatic heterocycles. The first-order chi connectivity index (χ1) is 10.1. The van der Waals surface area contributed by atoms with Crippen molar-refractivity contribution in [3.05, 3.63) is 28.5 Å². The average Bonchev–Trinajstić information content (AvgIpc) is 2.47. The van der Waals surface area contributed by atoms with Gasteiger partial charge in [0, 0.05) is 30.0 Å². The molecule has 0 radical (unpaired) electrons. The van der Waals surface area contributed by atoms with E-state index in [0.29, 0.717) is 16.6 Å². The second-order valence-corrected chi connectivity index (χ2v) is 5.06. The molecule has 112 valence electrons. The molecule has 0 spiro atoms. The zero-order valence-corrected chi connectivity index (χ0v) is 13.3. The van der Waals surface area contributed by atoms with Crippen LogP contribution in [-0.4, -0.2) is 41.5 Å². The summed E-state index contributed by atoms with van der Waals surface area (Å²) in [6.07, 6.45) is 3.34. The number of rotatable bonds is 7. The van der Waals surface area contributed by atoms with E-state index in [4.69, 9.17) is 10.00 Å². The summed E-state index contributed by atoms with van der Waals surface area (Å²) >= 11 is 3.26. The minimum absolute atomic E-state index is 0.104. The van der Waals surface area contributed by atoms with Crippen LogP contribution in [-0.2, 0) is 9.53 Å². The van der Waals surface area contributed by atoms with Crippen LogP contribution in [0.4, 0.5) is 0 Å². The standard InChI is InChI=1S/C14H16BrN3O3/c1-2-21-13(19)4-7-18(6-3-5-16)14(20)11-8-12(15)10-17-9-11/h8-10H,2-4,6-7H2,1H3. The van der Waals surface area contributed by atoms with E-state index >= 15 is 0 Å². The molecule has 1 heterocycles. The van der Waals surface area contributed by atoms with E-state index in [-0.39, 0.29) is 37.8 Å². The highest BCUT2D eigenvalue weighted by Gasteiger charge is 2.17. The number of carbonyl (C=O) groups is 2. The highest BCUT2D eigenvalue weighted by Crippen LogP contribution is 2.12. The van der Waals surface area contributed by atoms with Crippen LogP contribution in [0.2, 0.25) is 0 Å². The number of hydrogen-bond donors (Lipinski definition) is 0. The summed E-state index contributed by atoms with van der Waals surface area (Å²) in [6, 6.07) is 3.65. The fourth-order valence-electron chi connectivity index (χ4n) is 1.67. The van der Waals surface area contributed by atoms with Gasteiger partial charge in [-0.15, -0.1) is 0 Å². The maximum absolute atomic E-state index is 12.4. The Hall–Kier alpha value is -1.94. The van der Waals surface area contributed by atoms with Crippen molar-refractivity contribution in [3.8, 4) is 6.07 Å². The van der Waals surface area contributed by atoms with Gasteiger partial charge in [0.05, 0.1) is 31.1 Å². The molecule has 21 heavy (non-hydrogen) atoms. The van der Waals surface area contributed by atoms with Crippen LogP contribution in [0.15, 0.2) is 22.9 Å². The van der Waals surface area contributed by atoms with Crippen LogP contribution < -0.4 is 0 Å². The Bertz CT molecular complexity index is 543. The molecule has 0 N–H and O–H groups in total. The molecule has 0 aliphatic carbocycles. The SMILES string of the molecule is CCOC(=O)CCN(CCC#N)C(=O)c1cncc(Br)c1. The highest BCUT2D eigenvalue weighted by atomic mass is 79.9. The third-order valence-corrected chi connectivity index (χ3v) is 3.06. The van der Waals surface area contributed by atoms with Crippen LogP contribution >= 0.6 is 15.9 Å². The van der Waals surface area contributed by atoms with Gasteiger partial charge in [-0.1, -0.05) is 0 Å². The van der Waals surface area contributed by atoms with E-state index in [2.05, 4.69) is 20.9 Å². The first-order valence-electron chi connectivity index (χ1n) is 6.51. The summed E-state index contributed by atoms with van der Waals surface area (Å²) in [5.74, 6) is -0.622. The van der Waals surface area contributed by atoms with E-state index in [9.17, 15) is 9.59 Å². The fourth-order valence-corrected chi connectivity index (χ4v) is 2.04. The van der Waals surface area contributed by atoms with Gasteiger partial charge in [0.25, 0.3) is 5.91 Å². The van der Waals surface area contributed by atoms with Crippen molar-refractivity contribution in [2.75, 3.05) is 19.7 Å². The summed E-state index contributed by atoms with van der Waals surface area (Å²) in [7, 11) is 0. The summed E-state index contributed by atoms with van der Waals surface area (Å²) in [5, 5.41) is 8.67. The molecule has 0 bridgehead atoms. The quantitative estimate of drug-likeness (QED) is 0.701. The predicted octanol–water partition coefficient (Wildman–Crippen LogP) is 2.15. The van der Waals surface area contributed by atoms with Crippen molar-refractivity contribution in [2.24, 2.45) is 0 Å². The molecule has 1 aromatic heterocycles. The lowest BCUT2D eigenvalue weighted by atomic mass is 10.2. The topological polar surface area (TPSA) is 83.3 Å². The lowest BCUT2D eigenvalue weighted by Gasteiger charge is -2.21. The largest absolute Gasteiger partial charge is 0.466 e. The molecule has 0 aliphatic rings. The Morgan fingerprint density at radius 3 is 2.81 bits per heavy atom. The number of aromatic nitrogens is 1. The molecular formula is C14H16BrN3O3. The van der Waals surface area contributed by atoms with Gasteiger partial charge in [-0.3, -0.25) is 14.6 Å². The fraction of sp³-hybridized carbons (Fsp3) is 0.429. The Kier molecular flexibility index (Phi) is 7.40. The number of nitrogens with zero attached hydrogens (tertiary/aromatic N) is 3. The number of hydrogen-bond acceptors (Lipinski definition) is 5. The molecule has 0 fully saturated rings. The van der Waals surface area contributed by atoms with Crippen LogP contribution in [0.3, 0.4) is 0 Å². The third kappa shape index (κ3) is 5.92. The second-order valence-electron chi connectivity index (χ2n) is 4.15. The smallest absolute Gasteiger partial charge is 0.307 e. The minimum Gasteiger partial charge on any atom is -0.466 e. The molecule has 0 aromatic carbocycles. The number of pyridine rings is 1. The third-order valence-electron chi connectivity index (χ3n) is 2.62. The summed E-state index contributed by atoms with van der Waals surface area (Å²) < 4.78 is 5.53. The van der Waals surface area contributed by atoms with Crippen LogP contribution in [0.1, 0.15) is 30.1 Å². The summed E-state index contributed by atoms with van der Waals surface area (Å²) in [4.78, 5) is 29.2. The van der Waals surface area contributed by atoms with Gasteiger partial charge in [0.2, 0.25) is 0 Å². The van der Waals surface area contributed by atoms with Gasteiger partial charge >= 0.3 is 5.97 Å².